The highest BCUT2D eigenvalue weighted by Gasteiger charge is 2.18. The highest BCUT2D eigenvalue weighted by atomic mass is 32.1. The molecule has 0 spiro atoms. The van der Waals surface area contributed by atoms with Gasteiger partial charge in [-0.15, -0.1) is 11.3 Å². The number of hydrogen-bond acceptors (Lipinski definition) is 3. The lowest BCUT2D eigenvalue weighted by Gasteiger charge is -2.07. The van der Waals surface area contributed by atoms with Gasteiger partial charge in [-0.25, -0.2) is 9.18 Å². The molecular formula is C23H31FO3S. The maximum absolute atomic E-state index is 14.1. The number of thiophene rings is 1. The van der Waals surface area contributed by atoms with E-state index in [-0.39, 0.29) is 4.88 Å². The van der Waals surface area contributed by atoms with Crippen molar-refractivity contribution < 1.29 is 19.0 Å². The molecule has 0 aliphatic heterocycles. The Hall–Kier alpha value is -1.88. The highest BCUT2D eigenvalue weighted by Crippen LogP contribution is 2.31. The first-order valence-electron chi connectivity index (χ1n) is 10.4. The number of unbranched alkanes of at least 4 members (excludes halogenated alkanes) is 9. The fourth-order valence-electron chi connectivity index (χ4n) is 3.19. The van der Waals surface area contributed by atoms with Gasteiger partial charge in [0.25, 0.3) is 0 Å². The van der Waals surface area contributed by atoms with Crippen molar-refractivity contribution in [2.45, 2.75) is 71.1 Å². The fourth-order valence-corrected chi connectivity index (χ4v) is 3.98. The van der Waals surface area contributed by atoms with Gasteiger partial charge in [0.05, 0.1) is 6.61 Å². The molecule has 0 aliphatic rings. The Morgan fingerprint density at radius 1 is 0.964 bits per heavy atom. The van der Waals surface area contributed by atoms with Crippen LogP contribution in [0.3, 0.4) is 0 Å². The molecule has 2 aromatic rings. The average molecular weight is 407 g/mol. The number of carbonyl (C=O) groups is 1. The van der Waals surface area contributed by atoms with Gasteiger partial charge in [-0.05, 0) is 24.1 Å². The first-order chi connectivity index (χ1) is 13.6. The third-order valence-electron chi connectivity index (χ3n) is 4.86. The topological polar surface area (TPSA) is 46.5 Å². The molecule has 1 heterocycles. The predicted molar refractivity (Wildman–Crippen MR) is 114 cm³/mol. The summed E-state index contributed by atoms with van der Waals surface area (Å²) in [4.78, 5) is 10.7. The van der Waals surface area contributed by atoms with Crippen LogP contribution >= 0.6 is 11.3 Å². The molecule has 0 atom stereocenters. The average Bonchev–Trinajstić information content (AvgIpc) is 3.08. The summed E-state index contributed by atoms with van der Waals surface area (Å²) in [6.07, 6.45) is 12.9. The van der Waals surface area contributed by atoms with Gasteiger partial charge in [-0.3, -0.25) is 0 Å². The minimum atomic E-state index is -1.23. The lowest BCUT2D eigenvalue weighted by atomic mass is 10.1. The Morgan fingerprint density at radius 3 is 2.07 bits per heavy atom. The van der Waals surface area contributed by atoms with Crippen LogP contribution in [0.25, 0.3) is 11.1 Å². The maximum atomic E-state index is 14.1. The van der Waals surface area contributed by atoms with Gasteiger partial charge in [-0.1, -0.05) is 76.8 Å². The number of halogens is 1. The van der Waals surface area contributed by atoms with Crippen molar-refractivity contribution in [1.29, 1.82) is 0 Å². The Balaban J connectivity index is 1.62. The Bertz CT molecular complexity index is 709. The van der Waals surface area contributed by atoms with Gasteiger partial charge in [-0.2, -0.15) is 0 Å². The number of aromatic carboxylic acids is 1. The van der Waals surface area contributed by atoms with Crippen molar-refractivity contribution in [2.75, 3.05) is 6.61 Å². The maximum Gasteiger partial charge on any atom is 0.348 e. The molecule has 0 unspecified atom stereocenters. The van der Waals surface area contributed by atoms with E-state index in [2.05, 4.69) is 6.92 Å². The molecule has 5 heteroatoms. The molecule has 0 aliphatic carbocycles. The Morgan fingerprint density at radius 2 is 1.54 bits per heavy atom. The first kappa shape index (κ1) is 22.4. The van der Waals surface area contributed by atoms with Crippen LogP contribution in [0.1, 0.15) is 80.8 Å². The molecule has 0 bridgehead atoms. The zero-order chi connectivity index (χ0) is 20.2. The summed E-state index contributed by atoms with van der Waals surface area (Å²) in [6, 6.07) is 7.15. The Kier molecular flexibility index (Phi) is 10.0. The van der Waals surface area contributed by atoms with Crippen LogP contribution < -0.4 is 4.74 Å². The monoisotopic (exact) mass is 406 g/mol. The summed E-state index contributed by atoms with van der Waals surface area (Å²) < 4.78 is 19.9. The third-order valence-corrected chi connectivity index (χ3v) is 5.80. The van der Waals surface area contributed by atoms with Gasteiger partial charge in [0.15, 0.2) is 5.82 Å². The van der Waals surface area contributed by atoms with Gasteiger partial charge < -0.3 is 9.84 Å². The lowest BCUT2D eigenvalue weighted by Crippen LogP contribution is -1.97. The summed E-state index contributed by atoms with van der Waals surface area (Å²) in [6.45, 7) is 2.93. The molecule has 2 rings (SSSR count). The van der Waals surface area contributed by atoms with E-state index in [4.69, 9.17) is 9.84 Å². The smallest absolute Gasteiger partial charge is 0.348 e. The number of benzene rings is 1. The van der Waals surface area contributed by atoms with Crippen molar-refractivity contribution in [3.63, 3.8) is 0 Å². The van der Waals surface area contributed by atoms with Crippen LogP contribution in [0.2, 0.25) is 0 Å². The van der Waals surface area contributed by atoms with E-state index < -0.39 is 11.8 Å². The van der Waals surface area contributed by atoms with Gasteiger partial charge in [0.2, 0.25) is 0 Å². The number of carboxylic acid groups (broad SMARTS) is 1. The second-order valence-electron chi connectivity index (χ2n) is 7.15. The minimum Gasteiger partial charge on any atom is -0.494 e. The Labute approximate surface area is 171 Å². The molecule has 1 N–H and O–H groups in total. The lowest BCUT2D eigenvalue weighted by molar-refractivity contribution is 0.0698. The van der Waals surface area contributed by atoms with E-state index >= 15 is 0 Å². The number of rotatable bonds is 14. The van der Waals surface area contributed by atoms with Gasteiger partial charge in [0.1, 0.15) is 10.6 Å². The normalized spacial score (nSPS) is 10.9. The van der Waals surface area contributed by atoms with Crippen molar-refractivity contribution in [1.82, 2.24) is 0 Å². The molecular weight excluding hydrogens is 375 g/mol. The zero-order valence-corrected chi connectivity index (χ0v) is 17.5. The van der Waals surface area contributed by atoms with E-state index in [1.165, 1.54) is 57.8 Å². The molecule has 0 radical (unpaired) electrons. The van der Waals surface area contributed by atoms with Gasteiger partial charge >= 0.3 is 5.97 Å². The van der Waals surface area contributed by atoms with Crippen molar-refractivity contribution in [2.24, 2.45) is 0 Å². The van der Waals surface area contributed by atoms with Crippen LogP contribution in [0.5, 0.6) is 5.75 Å². The van der Waals surface area contributed by atoms with Crippen LogP contribution in [0.4, 0.5) is 4.39 Å². The fraction of sp³-hybridized carbons (Fsp3) is 0.522. The summed E-state index contributed by atoms with van der Waals surface area (Å²) in [5.74, 6) is -1.14. The van der Waals surface area contributed by atoms with Crippen molar-refractivity contribution in [3.8, 4) is 16.9 Å². The number of carboxylic acids is 1. The van der Waals surface area contributed by atoms with E-state index in [1.807, 2.05) is 12.1 Å². The number of ether oxygens (including phenoxy) is 1. The van der Waals surface area contributed by atoms with E-state index in [0.29, 0.717) is 17.7 Å². The van der Waals surface area contributed by atoms with Crippen molar-refractivity contribution in [3.05, 3.63) is 40.3 Å². The molecule has 0 fully saturated rings. The molecule has 1 aromatic heterocycles. The summed E-state index contributed by atoms with van der Waals surface area (Å²) >= 11 is 0.907. The third kappa shape index (κ3) is 7.27. The zero-order valence-electron chi connectivity index (χ0n) is 16.7. The standard InChI is InChI=1S/C23H31FO3S/c1-2-3-4-5-6-7-8-9-10-11-16-27-19-14-12-18(13-15-19)20-17-28-22(21(20)24)23(25)26/h12-15,17H,2-11,16H2,1H3,(H,25,26). The van der Waals surface area contributed by atoms with Crippen molar-refractivity contribution >= 4 is 17.3 Å². The van der Waals surface area contributed by atoms with Crippen LogP contribution in [0, 0.1) is 5.82 Å². The second kappa shape index (κ2) is 12.6. The molecule has 3 nitrogen and oxygen atoms in total. The molecule has 0 saturated carbocycles. The predicted octanol–water partition coefficient (Wildman–Crippen LogP) is 7.55. The molecule has 154 valence electrons. The molecule has 0 amide bonds. The summed E-state index contributed by atoms with van der Waals surface area (Å²) in [5, 5.41) is 10.5. The van der Waals surface area contributed by atoms with Gasteiger partial charge in [0, 0.05) is 10.9 Å². The second-order valence-corrected chi connectivity index (χ2v) is 8.03. The largest absolute Gasteiger partial charge is 0.494 e. The first-order valence-corrected chi connectivity index (χ1v) is 11.2. The summed E-state index contributed by atoms with van der Waals surface area (Å²) in [5.41, 5.74) is 0.983. The van der Waals surface area contributed by atoms with Crippen LogP contribution in [0.15, 0.2) is 29.6 Å². The van der Waals surface area contributed by atoms with E-state index in [0.717, 1.165) is 23.5 Å². The summed E-state index contributed by atoms with van der Waals surface area (Å²) in [7, 11) is 0. The van der Waals surface area contributed by atoms with Crippen LogP contribution in [-0.2, 0) is 0 Å². The highest BCUT2D eigenvalue weighted by molar-refractivity contribution is 7.12. The SMILES string of the molecule is CCCCCCCCCCCCOc1ccc(-c2csc(C(=O)O)c2F)cc1. The van der Waals surface area contributed by atoms with Crippen LogP contribution in [-0.4, -0.2) is 17.7 Å². The molecule has 0 saturated heterocycles. The van der Waals surface area contributed by atoms with E-state index in [9.17, 15) is 9.18 Å². The van der Waals surface area contributed by atoms with E-state index in [1.54, 1.807) is 17.5 Å². The molecule has 1 aromatic carbocycles. The number of hydrogen-bond donors (Lipinski definition) is 1. The molecule has 28 heavy (non-hydrogen) atoms. The minimum absolute atomic E-state index is 0.253. The quantitative estimate of drug-likeness (QED) is 0.329.